The third-order valence-corrected chi connectivity index (χ3v) is 4.15. The van der Waals surface area contributed by atoms with Gasteiger partial charge in [0.1, 0.15) is 0 Å². The molecule has 2 aromatic heterocycles. The van der Waals surface area contributed by atoms with Crippen molar-refractivity contribution in [3.05, 3.63) is 33.8 Å². The lowest BCUT2D eigenvalue weighted by Crippen LogP contribution is -2.25. The Morgan fingerprint density at radius 1 is 1.30 bits per heavy atom. The van der Waals surface area contributed by atoms with Crippen LogP contribution in [0.25, 0.3) is 0 Å². The molecule has 0 saturated carbocycles. The van der Waals surface area contributed by atoms with Crippen molar-refractivity contribution in [2.24, 2.45) is 7.05 Å². The first kappa shape index (κ1) is 15.3. The third kappa shape index (κ3) is 2.81. The molecule has 0 saturated heterocycles. The Hall–Kier alpha value is -1.14. The van der Waals surface area contributed by atoms with Crippen molar-refractivity contribution in [1.29, 1.82) is 0 Å². The lowest BCUT2D eigenvalue weighted by molar-refractivity contribution is 0.517. The molecule has 110 valence electrons. The molecule has 0 radical (unpaired) electrons. The molecule has 6 heteroatoms. The number of nitrogens with one attached hydrogen (secondary N) is 1. The molecule has 1 atom stereocenters. The molecule has 20 heavy (non-hydrogen) atoms. The molecule has 0 bridgehead atoms. The van der Waals surface area contributed by atoms with Crippen LogP contribution in [0.2, 0.25) is 0 Å². The molecule has 0 amide bonds. The van der Waals surface area contributed by atoms with E-state index in [9.17, 15) is 0 Å². The molecular formula is C14H22BrN5. The van der Waals surface area contributed by atoms with Gasteiger partial charge in [-0.3, -0.25) is 9.36 Å². The van der Waals surface area contributed by atoms with Crippen LogP contribution in [0.4, 0.5) is 0 Å². The highest BCUT2D eigenvalue weighted by atomic mass is 79.9. The second kappa shape index (κ2) is 6.54. The molecule has 0 spiro atoms. The van der Waals surface area contributed by atoms with Crippen LogP contribution >= 0.6 is 15.9 Å². The molecule has 0 aliphatic heterocycles. The summed E-state index contributed by atoms with van der Waals surface area (Å²) in [4.78, 5) is 0. The van der Waals surface area contributed by atoms with E-state index in [-0.39, 0.29) is 6.04 Å². The zero-order valence-electron chi connectivity index (χ0n) is 12.5. The number of rotatable bonds is 6. The molecular weight excluding hydrogens is 318 g/mol. The van der Waals surface area contributed by atoms with Crippen LogP contribution in [0.3, 0.4) is 0 Å². The number of hydrogen-bond donors (Lipinski definition) is 1. The first-order chi connectivity index (χ1) is 9.60. The van der Waals surface area contributed by atoms with Gasteiger partial charge in [0.05, 0.1) is 28.6 Å². The summed E-state index contributed by atoms with van der Waals surface area (Å²) in [5.41, 5.74) is 3.55. The Balaban J connectivity index is 2.48. The maximum Gasteiger partial charge on any atom is 0.0793 e. The summed E-state index contributed by atoms with van der Waals surface area (Å²) < 4.78 is 5.03. The summed E-state index contributed by atoms with van der Waals surface area (Å²) in [6.07, 6.45) is 4.88. The number of aryl methyl sites for hydroxylation is 2. The maximum atomic E-state index is 4.47. The second-order valence-electron chi connectivity index (χ2n) is 4.90. The molecule has 0 aromatic carbocycles. The van der Waals surface area contributed by atoms with Crippen LogP contribution in [0.1, 0.15) is 43.3 Å². The summed E-state index contributed by atoms with van der Waals surface area (Å²) in [7, 11) is 1.97. The van der Waals surface area contributed by atoms with Crippen molar-refractivity contribution < 1.29 is 0 Å². The topological polar surface area (TPSA) is 47.7 Å². The molecule has 0 fully saturated rings. The Labute approximate surface area is 128 Å². The minimum atomic E-state index is 0.108. The van der Waals surface area contributed by atoms with Gasteiger partial charge in [-0.15, -0.1) is 0 Å². The lowest BCUT2D eigenvalue weighted by Gasteiger charge is -2.20. The predicted molar refractivity (Wildman–Crippen MR) is 83.7 cm³/mol. The summed E-state index contributed by atoms with van der Waals surface area (Å²) in [5, 5.41) is 12.4. The average Bonchev–Trinajstić information content (AvgIpc) is 2.94. The van der Waals surface area contributed by atoms with Crippen LogP contribution in [-0.4, -0.2) is 26.1 Å². The van der Waals surface area contributed by atoms with Crippen LogP contribution < -0.4 is 5.32 Å². The fourth-order valence-corrected chi connectivity index (χ4v) is 2.93. The van der Waals surface area contributed by atoms with Gasteiger partial charge in [-0.05, 0) is 35.8 Å². The molecule has 2 aromatic rings. The van der Waals surface area contributed by atoms with Gasteiger partial charge in [-0.1, -0.05) is 13.8 Å². The SMILES string of the molecule is CCCn1ncc(Br)c1C(NCC)c1cnn(C)c1C. The average molecular weight is 340 g/mol. The fraction of sp³-hybridized carbons (Fsp3) is 0.571. The largest absolute Gasteiger partial charge is 0.305 e. The lowest BCUT2D eigenvalue weighted by atomic mass is 10.0. The van der Waals surface area contributed by atoms with E-state index in [4.69, 9.17) is 0 Å². The summed E-state index contributed by atoms with van der Waals surface area (Å²) in [6.45, 7) is 8.19. The highest BCUT2D eigenvalue weighted by molar-refractivity contribution is 9.10. The zero-order chi connectivity index (χ0) is 14.7. The quantitative estimate of drug-likeness (QED) is 0.880. The van der Waals surface area contributed by atoms with Gasteiger partial charge >= 0.3 is 0 Å². The molecule has 5 nitrogen and oxygen atoms in total. The van der Waals surface area contributed by atoms with E-state index in [0.717, 1.165) is 24.0 Å². The predicted octanol–water partition coefficient (Wildman–Crippen LogP) is 2.80. The van der Waals surface area contributed by atoms with Crippen LogP contribution in [0.5, 0.6) is 0 Å². The Bertz CT molecular complexity index is 572. The van der Waals surface area contributed by atoms with Gasteiger partial charge in [0.15, 0.2) is 0 Å². The van der Waals surface area contributed by atoms with Crippen LogP contribution in [0, 0.1) is 6.92 Å². The monoisotopic (exact) mass is 339 g/mol. The number of halogens is 1. The van der Waals surface area contributed by atoms with Crippen molar-refractivity contribution in [3.63, 3.8) is 0 Å². The molecule has 0 aliphatic carbocycles. The van der Waals surface area contributed by atoms with Crippen molar-refractivity contribution in [2.75, 3.05) is 6.54 Å². The van der Waals surface area contributed by atoms with Gasteiger partial charge in [0, 0.05) is 24.8 Å². The minimum Gasteiger partial charge on any atom is -0.305 e. The van der Waals surface area contributed by atoms with Crippen molar-refractivity contribution in [3.8, 4) is 0 Å². The second-order valence-corrected chi connectivity index (χ2v) is 5.75. The Morgan fingerprint density at radius 2 is 2.05 bits per heavy atom. The first-order valence-electron chi connectivity index (χ1n) is 7.03. The van der Waals surface area contributed by atoms with E-state index in [1.165, 1.54) is 17.0 Å². The van der Waals surface area contributed by atoms with Gasteiger partial charge in [0.2, 0.25) is 0 Å². The standard InChI is InChI=1S/C14H22BrN5/c1-5-7-20-14(12(15)9-18-20)13(16-6-2)11-8-17-19(4)10(11)3/h8-9,13,16H,5-7H2,1-4H3. The van der Waals surface area contributed by atoms with Gasteiger partial charge < -0.3 is 5.32 Å². The van der Waals surface area contributed by atoms with E-state index < -0.39 is 0 Å². The Morgan fingerprint density at radius 3 is 2.60 bits per heavy atom. The molecule has 2 rings (SSSR count). The van der Waals surface area contributed by atoms with E-state index >= 15 is 0 Å². The van der Waals surface area contributed by atoms with Gasteiger partial charge in [0.25, 0.3) is 0 Å². The zero-order valence-corrected chi connectivity index (χ0v) is 14.1. The number of hydrogen-bond acceptors (Lipinski definition) is 3. The number of nitrogens with zero attached hydrogens (tertiary/aromatic N) is 4. The number of aromatic nitrogens is 4. The summed E-state index contributed by atoms with van der Waals surface area (Å²) in [6, 6.07) is 0.108. The molecule has 1 N–H and O–H groups in total. The van der Waals surface area contributed by atoms with Gasteiger partial charge in [-0.25, -0.2) is 0 Å². The summed E-state index contributed by atoms with van der Waals surface area (Å²) in [5.74, 6) is 0. The highest BCUT2D eigenvalue weighted by Gasteiger charge is 2.24. The van der Waals surface area contributed by atoms with Crippen molar-refractivity contribution in [1.82, 2.24) is 24.9 Å². The van der Waals surface area contributed by atoms with Crippen molar-refractivity contribution >= 4 is 15.9 Å². The van der Waals surface area contributed by atoms with Crippen molar-refractivity contribution in [2.45, 2.75) is 39.8 Å². The molecule has 0 aliphatic rings. The van der Waals surface area contributed by atoms with E-state index in [0.29, 0.717) is 0 Å². The fourth-order valence-electron chi connectivity index (χ4n) is 2.41. The van der Waals surface area contributed by atoms with E-state index in [1.807, 2.05) is 24.1 Å². The minimum absolute atomic E-state index is 0.108. The highest BCUT2D eigenvalue weighted by Crippen LogP contribution is 2.30. The molecule has 2 heterocycles. The van der Waals surface area contributed by atoms with Crippen LogP contribution in [0.15, 0.2) is 16.9 Å². The third-order valence-electron chi connectivity index (χ3n) is 3.53. The van der Waals surface area contributed by atoms with E-state index in [2.05, 4.69) is 56.9 Å². The smallest absolute Gasteiger partial charge is 0.0793 e. The Kier molecular flexibility index (Phi) is 4.99. The molecule has 1 unspecified atom stereocenters. The maximum absolute atomic E-state index is 4.47. The first-order valence-corrected chi connectivity index (χ1v) is 7.82. The van der Waals surface area contributed by atoms with E-state index in [1.54, 1.807) is 0 Å². The normalized spacial score (nSPS) is 12.8. The van der Waals surface area contributed by atoms with Gasteiger partial charge in [-0.2, -0.15) is 10.2 Å². The van der Waals surface area contributed by atoms with Crippen LogP contribution in [-0.2, 0) is 13.6 Å². The summed E-state index contributed by atoms with van der Waals surface area (Å²) >= 11 is 3.64.